The molecular formula is C17H21N3O2. The van der Waals surface area contributed by atoms with Gasteiger partial charge in [-0.2, -0.15) is 0 Å². The number of amides is 1. The zero-order valence-corrected chi connectivity index (χ0v) is 13.3. The molecule has 5 heteroatoms. The van der Waals surface area contributed by atoms with Crippen molar-refractivity contribution in [1.29, 1.82) is 0 Å². The van der Waals surface area contributed by atoms with Gasteiger partial charge in [-0.25, -0.2) is 4.98 Å². The van der Waals surface area contributed by atoms with Crippen LogP contribution in [0.15, 0.2) is 42.6 Å². The average molecular weight is 299 g/mol. The van der Waals surface area contributed by atoms with Crippen molar-refractivity contribution in [2.24, 2.45) is 0 Å². The number of ether oxygens (including phenoxy) is 1. The molecule has 0 saturated heterocycles. The van der Waals surface area contributed by atoms with Gasteiger partial charge in [-0.15, -0.1) is 0 Å². The molecule has 1 heterocycles. The molecule has 1 unspecified atom stereocenters. The number of pyridine rings is 1. The molecule has 1 aromatic heterocycles. The fourth-order valence-electron chi connectivity index (χ4n) is 2.04. The first-order valence-electron chi connectivity index (χ1n) is 7.09. The monoisotopic (exact) mass is 299 g/mol. The van der Waals surface area contributed by atoms with E-state index >= 15 is 0 Å². The molecule has 0 spiro atoms. The lowest BCUT2D eigenvalue weighted by atomic mass is 10.1. The minimum atomic E-state index is -0.138. The zero-order chi connectivity index (χ0) is 16.1. The number of hydrogen-bond acceptors (Lipinski definition) is 4. The van der Waals surface area contributed by atoms with Crippen LogP contribution < -0.4 is 15.0 Å². The maximum absolute atomic E-state index is 12.2. The summed E-state index contributed by atoms with van der Waals surface area (Å²) in [4.78, 5) is 18.4. The maximum atomic E-state index is 12.2. The van der Waals surface area contributed by atoms with Gasteiger partial charge < -0.3 is 15.0 Å². The van der Waals surface area contributed by atoms with Crippen molar-refractivity contribution in [2.75, 3.05) is 26.1 Å². The fraction of sp³-hybridized carbons (Fsp3) is 0.294. The Kier molecular flexibility index (Phi) is 4.99. The molecule has 5 nitrogen and oxygen atoms in total. The third-order valence-electron chi connectivity index (χ3n) is 3.43. The second kappa shape index (κ2) is 6.93. The number of benzene rings is 1. The van der Waals surface area contributed by atoms with Crippen LogP contribution in [-0.2, 0) is 0 Å². The van der Waals surface area contributed by atoms with Gasteiger partial charge in [0.2, 0.25) is 0 Å². The Morgan fingerprint density at radius 2 is 1.86 bits per heavy atom. The number of aromatic nitrogens is 1. The molecule has 1 amide bonds. The highest BCUT2D eigenvalue weighted by Gasteiger charge is 2.12. The van der Waals surface area contributed by atoms with Crippen molar-refractivity contribution in [2.45, 2.75) is 13.0 Å². The van der Waals surface area contributed by atoms with Crippen LogP contribution in [0.3, 0.4) is 0 Å². The number of nitrogens with one attached hydrogen (secondary N) is 1. The Balaban J connectivity index is 2.03. The molecule has 0 saturated carbocycles. The van der Waals surface area contributed by atoms with Crippen LogP contribution in [0.5, 0.6) is 5.75 Å². The molecular weight excluding hydrogens is 278 g/mol. The largest absolute Gasteiger partial charge is 0.497 e. The highest BCUT2D eigenvalue weighted by atomic mass is 16.5. The molecule has 1 N–H and O–H groups in total. The fourth-order valence-corrected chi connectivity index (χ4v) is 2.04. The first-order valence-corrected chi connectivity index (χ1v) is 7.09. The second-order valence-electron chi connectivity index (χ2n) is 5.27. The van der Waals surface area contributed by atoms with Gasteiger partial charge in [0.25, 0.3) is 5.91 Å². The summed E-state index contributed by atoms with van der Waals surface area (Å²) in [7, 11) is 5.45. The quantitative estimate of drug-likeness (QED) is 0.922. The lowest BCUT2D eigenvalue weighted by Crippen LogP contribution is -2.26. The van der Waals surface area contributed by atoms with Crippen molar-refractivity contribution in [3.05, 3.63) is 53.7 Å². The predicted molar refractivity (Wildman–Crippen MR) is 87.4 cm³/mol. The predicted octanol–water partition coefficient (Wildman–Crippen LogP) is 2.65. The van der Waals surface area contributed by atoms with Gasteiger partial charge in [-0.1, -0.05) is 12.1 Å². The highest BCUT2D eigenvalue weighted by Crippen LogP contribution is 2.18. The molecule has 0 aliphatic rings. The molecule has 0 aliphatic carbocycles. The van der Waals surface area contributed by atoms with Gasteiger partial charge in [0.05, 0.1) is 18.7 Å². The summed E-state index contributed by atoms with van der Waals surface area (Å²) in [6, 6.07) is 11.2. The van der Waals surface area contributed by atoms with E-state index in [1.54, 1.807) is 19.4 Å². The molecule has 116 valence electrons. The van der Waals surface area contributed by atoms with Crippen LogP contribution in [0.25, 0.3) is 0 Å². The van der Waals surface area contributed by atoms with Crippen LogP contribution in [0.1, 0.15) is 28.9 Å². The van der Waals surface area contributed by atoms with Crippen LogP contribution in [0, 0.1) is 0 Å². The summed E-state index contributed by atoms with van der Waals surface area (Å²) < 4.78 is 5.13. The smallest absolute Gasteiger partial charge is 0.253 e. The van der Waals surface area contributed by atoms with Crippen LogP contribution in [-0.4, -0.2) is 32.1 Å². The van der Waals surface area contributed by atoms with Crippen molar-refractivity contribution < 1.29 is 9.53 Å². The topological polar surface area (TPSA) is 54.5 Å². The van der Waals surface area contributed by atoms with Gasteiger partial charge in [-0.3, -0.25) is 4.79 Å². The van der Waals surface area contributed by atoms with E-state index in [1.165, 1.54) is 0 Å². The van der Waals surface area contributed by atoms with Gasteiger partial charge in [0.1, 0.15) is 11.6 Å². The third kappa shape index (κ3) is 3.75. The van der Waals surface area contributed by atoms with Gasteiger partial charge in [-0.05, 0) is 36.8 Å². The molecule has 0 bridgehead atoms. The first-order chi connectivity index (χ1) is 10.5. The molecule has 1 atom stereocenters. The number of carbonyl (C=O) groups excluding carboxylic acids is 1. The molecule has 0 aliphatic heterocycles. The van der Waals surface area contributed by atoms with Crippen LogP contribution in [0.2, 0.25) is 0 Å². The Hall–Kier alpha value is -2.56. The summed E-state index contributed by atoms with van der Waals surface area (Å²) in [6.45, 7) is 1.95. The Bertz CT molecular complexity index is 621. The average Bonchev–Trinajstić information content (AvgIpc) is 2.54. The minimum Gasteiger partial charge on any atom is -0.497 e. The van der Waals surface area contributed by atoms with Crippen molar-refractivity contribution in [3.8, 4) is 5.75 Å². The summed E-state index contributed by atoms with van der Waals surface area (Å²) in [5.41, 5.74) is 1.57. The van der Waals surface area contributed by atoms with Gasteiger partial charge in [0, 0.05) is 20.3 Å². The minimum absolute atomic E-state index is 0.0908. The van der Waals surface area contributed by atoms with E-state index in [0.29, 0.717) is 5.56 Å². The summed E-state index contributed by atoms with van der Waals surface area (Å²) >= 11 is 0. The number of rotatable bonds is 5. The third-order valence-corrected chi connectivity index (χ3v) is 3.43. The van der Waals surface area contributed by atoms with Crippen molar-refractivity contribution in [3.63, 3.8) is 0 Å². The lowest BCUT2D eigenvalue weighted by molar-refractivity contribution is 0.0939. The summed E-state index contributed by atoms with van der Waals surface area (Å²) in [5.74, 6) is 1.48. The van der Waals surface area contributed by atoms with Crippen molar-refractivity contribution >= 4 is 11.7 Å². The molecule has 0 radical (unpaired) electrons. The number of methoxy groups -OCH3 is 1. The molecule has 22 heavy (non-hydrogen) atoms. The normalized spacial score (nSPS) is 11.6. The maximum Gasteiger partial charge on any atom is 0.253 e. The standard InChI is InChI=1S/C17H21N3O2/c1-12(13-5-8-15(22-4)9-6-13)19-17(21)14-7-10-16(18-11-14)20(2)3/h5-12H,1-4H3,(H,19,21). The summed E-state index contributed by atoms with van der Waals surface area (Å²) in [6.07, 6.45) is 1.59. The number of carbonyl (C=O) groups is 1. The van der Waals surface area contributed by atoms with Gasteiger partial charge in [0.15, 0.2) is 0 Å². The number of anilines is 1. The molecule has 0 fully saturated rings. The first kappa shape index (κ1) is 15.8. The zero-order valence-electron chi connectivity index (χ0n) is 13.3. The Labute approximate surface area is 130 Å². The SMILES string of the molecule is COc1ccc(C(C)NC(=O)c2ccc(N(C)C)nc2)cc1. The van der Waals surface area contributed by atoms with Crippen LogP contribution in [0.4, 0.5) is 5.82 Å². The number of hydrogen-bond donors (Lipinski definition) is 1. The molecule has 2 rings (SSSR count). The Morgan fingerprint density at radius 1 is 1.18 bits per heavy atom. The van der Waals surface area contributed by atoms with Crippen molar-refractivity contribution in [1.82, 2.24) is 10.3 Å². The van der Waals surface area contributed by atoms with E-state index in [0.717, 1.165) is 17.1 Å². The van der Waals surface area contributed by atoms with Crippen LogP contribution >= 0.6 is 0 Å². The van der Waals surface area contributed by atoms with E-state index < -0.39 is 0 Å². The van der Waals surface area contributed by atoms with E-state index in [-0.39, 0.29) is 11.9 Å². The van der Waals surface area contributed by atoms with Gasteiger partial charge >= 0.3 is 0 Å². The van der Waals surface area contributed by atoms with E-state index in [4.69, 9.17) is 4.74 Å². The lowest BCUT2D eigenvalue weighted by Gasteiger charge is -2.15. The second-order valence-corrected chi connectivity index (χ2v) is 5.27. The summed E-state index contributed by atoms with van der Waals surface area (Å²) in [5, 5.41) is 2.97. The number of nitrogens with zero attached hydrogens (tertiary/aromatic N) is 2. The highest BCUT2D eigenvalue weighted by molar-refractivity contribution is 5.94. The van der Waals surface area contributed by atoms with E-state index in [1.807, 2.05) is 56.3 Å². The molecule has 2 aromatic rings. The molecule has 1 aromatic carbocycles. The Morgan fingerprint density at radius 3 is 2.36 bits per heavy atom. The van der Waals surface area contributed by atoms with E-state index in [2.05, 4.69) is 10.3 Å². The van der Waals surface area contributed by atoms with E-state index in [9.17, 15) is 4.79 Å².